The van der Waals surface area contributed by atoms with Crippen molar-refractivity contribution in [3.8, 4) is 5.75 Å². The van der Waals surface area contributed by atoms with E-state index in [9.17, 15) is 5.11 Å². The molecular weight excluding hydrogens is 318 g/mol. The van der Waals surface area contributed by atoms with Crippen LogP contribution < -0.4 is 9.64 Å². The molecule has 0 aliphatic rings. The number of benzene rings is 2. The van der Waals surface area contributed by atoms with E-state index in [4.69, 9.17) is 4.74 Å². The van der Waals surface area contributed by atoms with Crippen LogP contribution in [0.5, 0.6) is 5.75 Å². The predicted molar refractivity (Wildman–Crippen MR) is 85.8 cm³/mol. The number of aliphatic hydroxyl groups excluding tert-OH is 1. The van der Waals surface area contributed by atoms with Gasteiger partial charge in [0.05, 0.1) is 13.2 Å². The van der Waals surface area contributed by atoms with Gasteiger partial charge in [0.1, 0.15) is 5.75 Å². The van der Waals surface area contributed by atoms with E-state index in [1.54, 1.807) is 14.0 Å². The molecule has 20 heavy (non-hydrogen) atoms. The molecule has 4 heteroatoms. The maximum absolute atomic E-state index is 9.65. The molecule has 0 aliphatic carbocycles. The number of anilines is 2. The van der Waals surface area contributed by atoms with E-state index in [0.29, 0.717) is 0 Å². The van der Waals surface area contributed by atoms with Crippen molar-refractivity contribution in [2.45, 2.75) is 13.0 Å². The van der Waals surface area contributed by atoms with Crippen molar-refractivity contribution in [3.05, 3.63) is 52.5 Å². The second-order valence-corrected chi connectivity index (χ2v) is 5.49. The Labute approximate surface area is 127 Å². The lowest BCUT2D eigenvalue weighted by atomic mass is 10.1. The third-order valence-electron chi connectivity index (χ3n) is 3.28. The van der Waals surface area contributed by atoms with Crippen LogP contribution in [0.4, 0.5) is 11.4 Å². The molecule has 0 fully saturated rings. The molecule has 1 N–H and O–H groups in total. The number of hydrogen-bond donors (Lipinski definition) is 1. The molecule has 2 rings (SSSR count). The maximum atomic E-state index is 9.65. The number of halogens is 1. The van der Waals surface area contributed by atoms with Gasteiger partial charge < -0.3 is 14.7 Å². The molecule has 0 saturated heterocycles. The number of hydrogen-bond acceptors (Lipinski definition) is 3. The smallest absolute Gasteiger partial charge is 0.119 e. The summed E-state index contributed by atoms with van der Waals surface area (Å²) in [5.74, 6) is 0.841. The standard InChI is InChI=1S/C16H18BrNO2/c1-11(19)15-9-6-13(10-16(15)17)18(2)12-4-7-14(20-3)8-5-12/h4-11,19H,1-3H3/t11-/m1/s1. The van der Waals surface area contributed by atoms with E-state index < -0.39 is 6.10 Å². The van der Waals surface area contributed by atoms with Crippen LogP contribution in [0.2, 0.25) is 0 Å². The Kier molecular flexibility index (Phi) is 4.68. The second-order valence-electron chi connectivity index (χ2n) is 4.64. The summed E-state index contributed by atoms with van der Waals surface area (Å²) in [5, 5.41) is 9.65. The highest BCUT2D eigenvalue weighted by molar-refractivity contribution is 9.10. The van der Waals surface area contributed by atoms with Gasteiger partial charge in [-0.15, -0.1) is 0 Å². The Bertz CT molecular complexity index is 582. The van der Waals surface area contributed by atoms with E-state index >= 15 is 0 Å². The van der Waals surface area contributed by atoms with Gasteiger partial charge in [-0.25, -0.2) is 0 Å². The van der Waals surface area contributed by atoms with Gasteiger partial charge in [-0.3, -0.25) is 0 Å². The van der Waals surface area contributed by atoms with Crippen LogP contribution in [0.3, 0.4) is 0 Å². The summed E-state index contributed by atoms with van der Waals surface area (Å²) in [4.78, 5) is 2.08. The predicted octanol–water partition coefficient (Wildman–Crippen LogP) is 4.28. The average Bonchev–Trinajstić information content (AvgIpc) is 2.46. The fraction of sp³-hybridized carbons (Fsp3) is 0.250. The highest BCUT2D eigenvalue weighted by Gasteiger charge is 2.10. The first kappa shape index (κ1) is 14.9. The van der Waals surface area contributed by atoms with Gasteiger partial charge in [0, 0.05) is 22.9 Å². The Balaban J connectivity index is 2.28. The van der Waals surface area contributed by atoms with Crippen LogP contribution >= 0.6 is 15.9 Å². The minimum Gasteiger partial charge on any atom is -0.497 e. The van der Waals surface area contributed by atoms with E-state index in [0.717, 1.165) is 27.2 Å². The molecule has 0 amide bonds. The lowest BCUT2D eigenvalue weighted by Gasteiger charge is -2.21. The van der Waals surface area contributed by atoms with Gasteiger partial charge in [0.25, 0.3) is 0 Å². The summed E-state index contributed by atoms with van der Waals surface area (Å²) in [6.07, 6.45) is -0.482. The number of rotatable bonds is 4. The van der Waals surface area contributed by atoms with Gasteiger partial charge in [0.15, 0.2) is 0 Å². The minimum absolute atomic E-state index is 0.482. The van der Waals surface area contributed by atoms with E-state index in [1.165, 1.54) is 0 Å². The molecular formula is C16H18BrNO2. The molecule has 3 nitrogen and oxygen atoms in total. The minimum atomic E-state index is -0.482. The maximum Gasteiger partial charge on any atom is 0.119 e. The quantitative estimate of drug-likeness (QED) is 0.905. The molecule has 1 atom stereocenters. The van der Waals surface area contributed by atoms with Gasteiger partial charge in [-0.05, 0) is 48.9 Å². The van der Waals surface area contributed by atoms with Gasteiger partial charge in [-0.2, -0.15) is 0 Å². The van der Waals surface area contributed by atoms with Crippen LogP contribution in [-0.4, -0.2) is 19.3 Å². The number of methoxy groups -OCH3 is 1. The molecule has 0 heterocycles. The molecule has 0 bridgehead atoms. The van der Waals surface area contributed by atoms with Crippen LogP contribution in [0.25, 0.3) is 0 Å². The summed E-state index contributed by atoms with van der Waals surface area (Å²) in [7, 11) is 3.66. The van der Waals surface area contributed by atoms with Crippen molar-refractivity contribution in [1.82, 2.24) is 0 Å². The first-order valence-electron chi connectivity index (χ1n) is 6.38. The van der Waals surface area contributed by atoms with E-state index in [2.05, 4.69) is 20.8 Å². The zero-order valence-corrected chi connectivity index (χ0v) is 13.4. The first-order valence-corrected chi connectivity index (χ1v) is 7.17. The summed E-state index contributed by atoms with van der Waals surface area (Å²) in [6, 6.07) is 13.8. The van der Waals surface area contributed by atoms with Crippen LogP contribution in [0.15, 0.2) is 46.9 Å². The van der Waals surface area contributed by atoms with Gasteiger partial charge >= 0.3 is 0 Å². The molecule has 0 aromatic heterocycles. The SMILES string of the molecule is COc1ccc(N(C)c2ccc([C@@H](C)O)c(Br)c2)cc1. The molecule has 2 aromatic rings. The Hall–Kier alpha value is -1.52. The van der Waals surface area contributed by atoms with Crippen molar-refractivity contribution in [2.75, 3.05) is 19.1 Å². The van der Waals surface area contributed by atoms with Crippen LogP contribution in [0, 0.1) is 0 Å². The van der Waals surface area contributed by atoms with Crippen molar-refractivity contribution in [3.63, 3.8) is 0 Å². The van der Waals surface area contributed by atoms with Gasteiger partial charge in [-0.1, -0.05) is 22.0 Å². The van der Waals surface area contributed by atoms with E-state index in [-0.39, 0.29) is 0 Å². The van der Waals surface area contributed by atoms with Crippen molar-refractivity contribution in [1.29, 1.82) is 0 Å². The Morgan fingerprint density at radius 2 is 1.70 bits per heavy atom. The molecule has 0 spiro atoms. The van der Waals surface area contributed by atoms with Crippen LogP contribution in [-0.2, 0) is 0 Å². The van der Waals surface area contributed by atoms with E-state index in [1.807, 2.05) is 49.5 Å². The van der Waals surface area contributed by atoms with Crippen molar-refractivity contribution in [2.24, 2.45) is 0 Å². The highest BCUT2D eigenvalue weighted by Crippen LogP contribution is 2.31. The zero-order valence-electron chi connectivity index (χ0n) is 11.8. The Morgan fingerprint density at radius 3 is 2.20 bits per heavy atom. The van der Waals surface area contributed by atoms with Crippen LogP contribution in [0.1, 0.15) is 18.6 Å². The highest BCUT2D eigenvalue weighted by atomic mass is 79.9. The zero-order chi connectivity index (χ0) is 14.7. The average molecular weight is 336 g/mol. The third-order valence-corrected chi connectivity index (χ3v) is 3.97. The van der Waals surface area contributed by atoms with Crippen molar-refractivity contribution >= 4 is 27.3 Å². The molecule has 2 aromatic carbocycles. The number of ether oxygens (including phenoxy) is 1. The first-order chi connectivity index (χ1) is 9.52. The lowest BCUT2D eigenvalue weighted by Crippen LogP contribution is -2.09. The third kappa shape index (κ3) is 3.14. The molecule has 106 valence electrons. The largest absolute Gasteiger partial charge is 0.497 e. The lowest BCUT2D eigenvalue weighted by molar-refractivity contribution is 0.198. The fourth-order valence-electron chi connectivity index (χ4n) is 2.02. The topological polar surface area (TPSA) is 32.7 Å². The monoisotopic (exact) mass is 335 g/mol. The number of nitrogens with zero attached hydrogens (tertiary/aromatic N) is 1. The molecule has 0 aliphatic heterocycles. The van der Waals surface area contributed by atoms with Crippen molar-refractivity contribution < 1.29 is 9.84 Å². The van der Waals surface area contributed by atoms with Gasteiger partial charge in [0.2, 0.25) is 0 Å². The summed E-state index contributed by atoms with van der Waals surface area (Å²) >= 11 is 3.50. The summed E-state index contributed by atoms with van der Waals surface area (Å²) < 4.78 is 6.07. The molecule has 0 radical (unpaired) electrons. The second kappa shape index (κ2) is 6.29. The summed E-state index contributed by atoms with van der Waals surface area (Å²) in [6.45, 7) is 1.76. The summed E-state index contributed by atoms with van der Waals surface area (Å²) in [5.41, 5.74) is 3.01. The molecule has 0 saturated carbocycles. The Morgan fingerprint density at radius 1 is 1.10 bits per heavy atom. The molecule has 0 unspecified atom stereocenters. The normalized spacial score (nSPS) is 12.1. The number of aliphatic hydroxyl groups is 1. The fourth-order valence-corrected chi connectivity index (χ4v) is 2.72.